The highest BCUT2D eigenvalue weighted by Crippen LogP contribution is 2.28. The minimum atomic E-state index is 0.995. The van der Waals surface area contributed by atoms with Gasteiger partial charge >= 0.3 is 0 Å². The molecule has 0 radical (unpaired) electrons. The van der Waals surface area contributed by atoms with Crippen LogP contribution in [0.25, 0.3) is 10.6 Å². The normalized spacial score (nSPS) is 10.3. The zero-order valence-corrected chi connectivity index (χ0v) is 8.90. The van der Waals surface area contributed by atoms with Crippen LogP contribution in [-0.4, -0.2) is 4.98 Å². The molecule has 1 nitrogen and oxygen atoms in total. The first-order valence-electron chi connectivity index (χ1n) is 3.97. The van der Waals surface area contributed by atoms with Gasteiger partial charge in [-0.3, -0.25) is 0 Å². The molecule has 0 amide bonds. The van der Waals surface area contributed by atoms with Gasteiger partial charge in [-0.15, -0.1) is 24.0 Å². The van der Waals surface area contributed by atoms with Gasteiger partial charge in [0.1, 0.15) is 5.01 Å². The monoisotopic (exact) mass is 207 g/mol. The summed E-state index contributed by atoms with van der Waals surface area (Å²) in [5.41, 5.74) is 2.34. The number of aromatic nitrogens is 1. The van der Waals surface area contributed by atoms with Crippen LogP contribution in [0.4, 0.5) is 0 Å². The Bertz CT molecular complexity index is 407. The molecule has 66 valence electrons. The van der Waals surface area contributed by atoms with Crippen LogP contribution in [-0.2, 0) is 0 Å². The Morgan fingerprint density at radius 1 is 1.38 bits per heavy atom. The Labute approximate surface area is 86.9 Å². The van der Waals surface area contributed by atoms with Crippen molar-refractivity contribution in [3.8, 4) is 10.6 Å². The van der Waals surface area contributed by atoms with Crippen LogP contribution < -0.4 is 0 Å². The van der Waals surface area contributed by atoms with Gasteiger partial charge in [-0.2, -0.15) is 0 Å². The summed E-state index contributed by atoms with van der Waals surface area (Å²) >= 11 is 6.06. The van der Waals surface area contributed by atoms with Crippen LogP contribution in [0.1, 0.15) is 5.56 Å². The van der Waals surface area contributed by atoms with Crippen molar-refractivity contribution in [2.24, 2.45) is 0 Å². The van der Waals surface area contributed by atoms with E-state index in [9.17, 15) is 0 Å². The fourth-order valence-electron chi connectivity index (χ4n) is 1.18. The fraction of sp³-hybridized carbons (Fsp3) is 0.100. The summed E-state index contributed by atoms with van der Waals surface area (Å²) in [6.45, 7) is 2.06. The third kappa shape index (κ3) is 1.76. The number of thiol groups is 1. The van der Waals surface area contributed by atoms with E-state index in [0.717, 1.165) is 15.5 Å². The van der Waals surface area contributed by atoms with Crippen molar-refractivity contribution in [2.45, 2.75) is 11.8 Å². The summed E-state index contributed by atoms with van der Waals surface area (Å²) in [5, 5.41) is 3.01. The van der Waals surface area contributed by atoms with E-state index in [0.29, 0.717) is 0 Å². The second-order valence-corrected chi connectivity index (χ2v) is 4.23. The molecule has 3 heteroatoms. The largest absolute Gasteiger partial charge is 0.245 e. The van der Waals surface area contributed by atoms with E-state index in [-0.39, 0.29) is 0 Å². The zero-order valence-electron chi connectivity index (χ0n) is 7.19. The first-order chi connectivity index (χ1) is 6.27. The van der Waals surface area contributed by atoms with Crippen LogP contribution in [0.3, 0.4) is 0 Å². The first-order valence-corrected chi connectivity index (χ1v) is 5.29. The summed E-state index contributed by atoms with van der Waals surface area (Å²) in [7, 11) is 0. The lowest BCUT2D eigenvalue weighted by Crippen LogP contribution is -1.80. The van der Waals surface area contributed by atoms with E-state index in [1.165, 1.54) is 5.56 Å². The lowest BCUT2D eigenvalue weighted by molar-refractivity contribution is 1.33. The highest BCUT2D eigenvalue weighted by atomic mass is 32.1. The Hall–Kier alpha value is -0.800. The summed E-state index contributed by atoms with van der Waals surface area (Å²) in [5.74, 6) is 0. The Kier molecular flexibility index (Phi) is 2.38. The van der Waals surface area contributed by atoms with Crippen molar-refractivity contribution >= 4 is 24.0 Å². The molecule has 1 heterocycles. The summed E-state index contributed by atoms with van der Waals surface area (Å²) in [6, 6.07) is 6.20. The number of benzene rings is 1. The minimum Gasteiger partial charge on any atom is -0.245 e. The van der Waals surface area contributed by atoms with Crippen LogP contribution in [0.2, 0.25) is 0 Å². The second kappa shape index (κ2) is 3.52. The molecule has 0 bridgehead atoms. The standard InChI is InChI=1S/C10H9NS2/c1-7-2-3-8(9(12)6-7)10-11-4-5-13-10/h2-6,12H,1H3. The van der Waals surface area contributed by atoms with Gasteiger partial charge in [0, 0.05) is 22.0 Å². The number of hydrogen-bond donors (Lipinski definition) is 1. The molecular weight excluding hydrogens is 198 g/mol. The van der Waals surface area contributed by atoms with Gasteiger partial charge in [0.2, 0.25) is 0 Å². The molecule has 1 aromatic heterocycles. The molecule has 0 saturated carbocycles. The summed E-state index contributed by atoms with van der Waals surface area (Å²) in [6.07, 6.45) is 1.81. The van der Waals surface area contributed by atoms with E-state index in [4.69, 9.17) is 0 Å². The highest BCUT2D eigenvalue weighted by Gasteiger charge is 2.03. The van der Waals surface area contributed by atoms with Gasteiger partial charge in [0.05, 0.1) is 0 Å². The molecule has 0 aliphatic heterocycles. The topological polar surface area (TPSA) is 12.9 Å². The molecule has 2 aromatic rings. The third-order valence-corrected chi connectivity index (χ3v) is 2.99. The van der Waals surface area contributed by atoms with Crippen molar-refractivity contribution < 1.29 is 0 Å². The Balaban J connectivity index is 2.53. The van der Waals surface area contributed by atoms with Gasteiger partial charge in [0.25, 0.3) is 0 Å². The molecule has 0 spiro atoms. The molecule has 0 saturated heterocycles. The molecule has 0 aliphatic rings. The van der Waals surface area contributed by atoms with Crippen molar-refractivity contribution in [1.29, 1.82) is 0 Å². The average Bonchev–Trinajstić information content (AvgIpc) is 2.56. The smallest absolute Gasteiger partial charge is 0.124 e. The predicted octanol–water partition coefficient (Wildman–Crippen LogP) is 3.41. The predicted molar refractivity (Wildman–Crippen MR) is 59.5 cm³/mol. The molecule has 1 aromatic carbocycles. The maximum absolute atomic E-state index is 4.42. The van der Waals surface area contributed by atoms with Crippen LogP contribution in [0.5, 0.6) is 0 Å². The van der Waals surface area contributed by atoms with Crippen molar-refractivity contribution in [3.05, 3.63) is 35.3 Å². The van der Waals surface area contributed by atoms with Crippen LogP contribution in [0.15, 0.2) is 34.7 Å². The molecule has 13 heavy (non-hydrogen) atoms. The molecule has 0 fully saturated rings. The summed E-state index contributed by atoms with van der Waals surface area (Å²) in [4.78, 5) is 5.24. The van der Waals surface area contributed by atoms with Crippen molar-refractivity contribution in [2.75, 3.05) is 0 Å². The second-order valence-electron chi connectivity index (χ2n) is 2.86. The van der Waals surface area contributed by atoms with Crippen molar-refractivity contribution in [3.63, 3.8) is 0 Å². The molecule has 0 aliphatic carbocycles. The summed E-state index contributed by atoms with van der Waals surface area (Å²) < 4.78 is 0. The van der Waals surface area contributed by atoms with E-state index in [2.05, 4.69) is 42.7 Å². The van der Waals surface area contributed by atoms with Crippen LogP contribution in [0, 0.1) is 6.92 Å². The van der Waals surface area contributed by atoms with Gasteiger partial charge in [-0.1, -0.05) is 12.1 Å². The molecule has 0 atom stereocenters. The molecule has 0 unspecified atom stereocenters. The SMILES string of the molecule is Cc1ccc(-c2nccs2)c(S)c1. The third-order valence-electron chi connectivity index (χ3n) is 1.82. The van der Waals surface area contributed by atoms with Crippen molar-refractivity contribution in [1.82, 2.24) is 4.98 Å². The fourth-order valence-corrected chi connectivity index (χ4v) is 2.32. The molecule has 2 rings (SSSR count). The maximum Gasteiger partial charge on any atom is 0.124 e. The minimum absolute atomic E-state index is 0.995. The Morgan fingerprint density at radius 2 is 2.23 bits per heavy atom. The molecule has 0 N–H and O–H groups in total. The maximum atomic E-state index is 4.42. The Morgan fingerprint density at radius 3 is 2.85 bits per heavy atom. The van der Waals surface area contributed by atoms with E-state index in [1.54, 1.807) is 11.3 Å². The van der Waals surface area contributed by atoms with Crippen LogP contribution >= 0.6 is 24.0 Å². The average molecular weight is 207 g/mol. The number of thiazole rings is 1. The van der Waals surface area contributed by atoms with Gasteiger partial charge in [-0.25, -0.2) is 4.98 Å². The number of rotatable bonds is 1. The zero-order chi connectivity index (χ0) is 9.26. The van der Waals surface area contributed by atoms with Gasteiger partial charge in [0.15, 0.2) is 0 Å². The van der Waals surface area contributed by atoms with Gasteiger partial charge in [-0.05, 0) is 18.6 Å². The lowest BCUT2D eigenvalue weighted by atomic mass is 10.1. The molecular formula is C10H9NS2. The number of aryl methyl sites for hydroxylation is 1. The number of nitrogens with zero attached hydrogens (tertiary/aromatic N) is 1. The quantitative estimate of drug-likeness (QED) is 0.707. The van der Waals surface area contributed by atoms with Gasteiger partial charge < -0.3 is 0 Å². The highest BCUT2D eigenvalue weighted by molar-refractivity contribution is 7.80. The first kappa shape index (κ1) is 8.78. The van der Waals surface area contributed by atoms with E-state index < -0.39 is 0 Å². The van der Waals surface area contributed by atoms with E-state index in [1.807, 2.05) is 11.6 Å². The van der Waals surface area contributed by atoms with E-state index >= 15 is 0 Å². The number of hydrogen-bond acceptors (Lipinski definition) is 3. The lowest BCUT2D eigenvalue weighted by Gasteiger charge is -2.01.